The van der Waals surface area contributed by atoms with E-state index in [2.05, 4.69) is 0 Å². The van der Waals surface area contributed by atoms with E-state index in [0.717, 1.165) is 5.56 Å². The van der Waals surface area contributed by atoms with E-state index in [1.54, 1.807) is 12.1 Å². The third-order valence-electron chi connectivity index (χ3n) is 2.61. The van der Waals surface area contributed by atoms with Crippen LogP contribution in [0.15, 0.2) is 35.2 Å². The molecule has 5 heteroatoms. The Morgan fingerprint density at radius 3 is 2.42 bits per heavy atom. The molecule has 0 spiro atoms. The molecule has 0 atom stereocenters. The van der Waals surface area contributed by atoms with Crippen LogP contribution in [0.3, 0.4) is 0 Å². The molecule has 0 bridgehead atoms. The minimum atomic E-state index is -3.72. The van der Waals surface area contributed by atoms with Gasteiger partial charge in [-0.05, 0) is 30.5 Å². The van der Waals surface area contributed by atoms with E-state index in [4.69, 9.17) is 15.4 Å². The predicted octanol–water partition coefficient (Wildman–Crippen LogP) is 3.87. The van der Waals surface area contributed by atoms with E-state index in [-0.39, 0.29) is 10.3 Å². The van der Waals surface area contributed by atoms with Crippen LogP contribution in [0.5, 0.6) is 5.75 Å². The molecule has 1 aromatic carbocycles. The van der Waals surface area contributed by atoms with Gasteiger partial charge in [-0.25, -0.2) is 8.42 Å². The zero-order valence-corrected chi connectivity index (χ0v) is 13.2. The van der Waals surface area contributed by atoms with Gasteiger partial charge in [-0.1, -0.05) is 32.9 Å². The lowest BCUT2D eigenvalue weighted by Gasteiger charge is -2.23. The maximum Gasteiger partial charge on any atom is 0.261 e. The van der Waals surface area contributed by atoms with Crippen LogP contribution in [-0.4, -0.2) is 15.0 Å². The van der Waals surface area contributed by atoms with E-state index in [1.165, 1.54) is 6.07 Å². The molecular weight excluding hydrogens is 284 g/mol. The summed E-state index contributed by atoms with van der Waals surface area (Å²) in [6.07, 6.45) is 3.78. The standard InChI is InChI=1S/C14H19ClO3S/c1-5-6-9-18-13-8-7-11(19(15,16)17)10-12(13)14(2,3)4/h5-8,10H,9H2,1-4H3/b6-5+. The lowest BCUT2D eigenvalue weighted by atomic mass is 9.86. The van der Waals surface area contributed by atoms with E-state index >= 15 is 0 Å². The molecule has 0 fully saturated rings. The highest BCUT2D eigenvalue weighted by atomic mass is 35.7. The van der Waals surface area contributed by atoms with Crippen LogP contribution in [0.2, 0.25) is 0 Å². The first kappa shape index (κ1) is 16.1. The first-order chi connectivity index (χ1) is 8.66. The molecule has 0 saturated heterocycles. The molecule has 0 aromatic heterocycles. The second-order valence-corrected chi connectivity index (χ2v) is 7.79. The molecule has 0 aliphatic rings. The van der Waals surface area contributed by atoms with Crippen LogP contribution < -0.4 is 4.74 Å². The minimum Gasteiger partial charge on any atom is -0.489 e. The lowest BCUT2D eigenvalue weighted by molar-refractivity contribution is 0.350. The maximum atomic E-state index is 11.4. The van der Waals surface area contributed by atoms with Crippen LogP contribution in [0, 0.1) is 0 Å². The van der Waals surface area contributed by atoms with Crippen LogP contribution in [-0.2, 0) is 14.5 Å². The number of allylic oxidation sites excluding steroid dienone is 1. The second kappa shape index (κ2) is 5.97. The first-order valence-corrected chi connectivity index (χ1v) is 8.30. The SMILES string of the molecule is C/C=C/COc1ccc(S(=O)(=O)Cl)cc1C(C)(C)C. The Morgan fingerprint density at radius 2 is 1.95 bits per heavy atom. The summed E-state index contributed by atoms with van der Waals surface area (Å²) in [6, 6.07) is 4.69. The molecule has 106 valence electrons. The Hall–Kier alpha value is -1.00. The van der Waals surface area contributed by atoms with E-state index in [0.29, 0.717) is 12.4 Å². The van der Waals surface area contributed by atoms with Gasteiger partial charge in [-0.15, -0.1) is 0 Å². The Morgan fingerprint density at radius 1 is 1.32 bits per heavy atom. The molecule has 0 radical (unpaired) electrons. The summed E-state index contributed by atoms with van der Waals surface area (Å²) < 4.78 is 28.4. The zero-order valence-electron chi connectivity index (χ0n) is 11.6. The van der Waals surface area contributed by atoms with E-state index in [9.17, 15) is 8.42 Å². The molecule has 1 rings (SSSR count). The molecule has 0 aliphatic heterocycles. The third-order valence-corrected chi connectivity index (χ3v) is 3.96. The van der Waals surface area contributed by atoms with Gasteiger partial charge >= 0.3 is 0 Å². The molecule has 3 nitrogen and oxygen atoms in total. The van der Waals surface area contributed by atoms with E-state index < -0.39 is 9.05 Å². The van der Waals surface area contributed by atoms with Crippen LogP contribution in [0.25, 0.3) is 0 Å². The highest BCUT2D eigenvalue weighted by Crippen LogP contribution is 2.34. The molecule has 19 heavy (non-hydrogen) atoms. The Balaban J connectivity index is 3.25. The molecule has 0 amide bonds. The Bertz CT molecular complexity index is 569. The third kappa shape index (κ3) is 4.55. The van der Waals surface area contributed by atoms with Gasteiger partial charge in [0.2, 0.25) is 0 Å². The van der Waals surface area contributed by atoms with Crippen LogP contribution >= 0.6 is 10.7 Å². The van der Waals surface area contributed by atoms with E-state index in [1.807, 2.05) is 39.8 Å². The molecule has 0 N–H and O–H groups in total. The van der Waals surface area contributed by atoms with Gasteiger partial charge in [0.1, 0.15) is 12.4 Å². The van der Waals surface area contributed by atoms with Crippen molar-refractivity contribution in [2.75, 3.05) is 6.61 Å². The number of halogens is 1. The van der Waals surface area contributed by atoms with Crippen LogP contribution in [0.1, 0.15) is 33.3 Å². The highest BCUT2D eigenvalue weighted by molar-refractivity contribution is 8.13. The number of hydrogen-bond donors (Lipinski definition) is 0. The van der Waals surface area contributed by atoms with Gasteiger partial charge in [0, 0.05) is 16.2 Å². The molecule has 1 aromatic rings. The summed E-state index contributed by atoms with van der Waals surface area (Å²) >= 11 is 0. The lowest BCUT2D eigenvalue weighted by Crippen LogP contribution is -2.14. The van der Waals surface area contributed by atoms with Gasteiger partial charge in [-0.3, -0.25) is 0 Å². The maximum absolute atomic E-state index is 11.4. The van der Waals surface area contributed by atoms with Gasteiger partial charge < -0.3 is 4.74 Å². The number of rotatable bonds is 4. The fourth-order valence-corrected chi connectivity index (χ4v) is 2.38. The Labute approximate surface area is 119 Å². The zero-order chi connectivity index (χ0) is 14.7. The van der Waals surface area contributed by atoms with Crippen molar-refractivity contribution in [2.24, 2.45) is 0 Å². The number of ether oxygens (including phenoxy) is 1. The summed E-state index contributed by atoms with van der Waals surface area (Å²) in [4.78, 5) is 0.0949. The van der Waals surface area contributed by atoms with Crippen molar-refractivity contribution in [2.45, 2.75) is 38.0 Å². The number of benzene rings is 1. The monoisotopic (exact) mass is 302 g/mol. The first-order valence-electron chi connectivity index (χ1n) is 5.99. The van der Waals surface area contributed by atoms with Gasteiger partial charge in [-0.2, -0.15) is 0 Å². The molecule has 0 heterocycles. The fraction of sp³-hybridized carbons (Fsp3) is 0.429. The largest absolute Gasteiger partial charge is 0.489 e. The average molecular weight is 303 g/mol. The minimum absolute atomic E-state index is 0.0949. The van der Waals surface area contributed by atoms with Crippen molar-refractivity contribution >= 4 is 19.7 Å². The summed E-state index contributed by atoms with van der Waals surface area (Å²) in [6.45, 7) is 8.35. The van der Waals surface area contributed by atoms with Crippen LogP contribution in [0.4, 0.5) is 0 Å². The molecule has 0 unspecified atom stereocenters. The molecule has 0 saturated carbocycles. The van der Waals surface area contributed by atoms with Gasteiger partial charge in [0.25, 0.3) is 9.05 Å². The normalized spacial score (nSPS) is 12.9. The topological polar surface area (TPSA) is 43.4 Å². The van der Waals surface area contributed by atoms with Crippen molar-refractivity contribution in [3.8, 4) is 5.75 Å². The quantitative estimate of drug-likeness (QED) is 0.626. The number of hydrogen-bond acceptors (Lipinski definition) is 3. The fourth-order valence-electron chi connectivity index (χ4n) is 1.61. The summed E-state index contributed by atoms with van der Waals surface area (Å²) in [7, 11) is 1.66. The average Bonchev–Trinajstić information content (AvgIpc) is 2.27. The Kier molecular flexibility index (Phi) is 5.04. The summed E-state index contributed by atoms with van der Waals surface area (Å²) in [5, 5.41) is 0. The van der Waals surface area contributed by atoms with Crippen molar-refractivity contribution in [3.63, 3.8) is 0 Å². The second-order valence-electron chi connectivity index (χ2n) is 5.23. The van der Waals surface area contributed by atoms with Crippen molar-refractivity contribution < 1.29 is 13.2 Å². The van der Waals surface area contributed by atoms with Gasteiger partial charge in [0.05, 0.1) is 4.90 Å². The van der Waals surface area contributed by atoms with Crippen molar-refractivity contribution in [1.82, 2.24) is 0 Å². The smallest absolute Gasteiger partial charge is 0.261 e. The summed E-state index contributed by atoms with van der Waals surface area (Å²) in [5.41, 5.74) is 0.585. The summed E-state index contributed by atoms with van der Waals surface area (Å²) in [5.74, 6) is 0.676. The molecule has 0 aliphatic carbocycles. The van der Waals surface area contributed by atoms with Crippen molar-refractivity contribution in [3.05, 3.63) is 35.9 Å². The predicted molar refractivity (Wildman–Crippen MR) is 78.5 cm³/mol. The van der Waals surface area contributed by atoms with Crippen molar-refractivity contribution in [1.29, 1.82) is 0 Å². The highest BCUT2D eigenvalue weighted by Gasteiger charge is 2.22. The molecular formula is C14H19ClO3S. The van der Waals surface area contributed by atoms with Gasteiger partial charge in [0.15, 0.2) is 0 Å².